The molecule has 1 atom stereocenters. The first-order chi connectivity index (χ1) is 11.8. The van der Waals surface area contributed by atoms with Crippen LogP contribution in [0, 0.1) is 24.5 Å². The lowest BCUT2D eigenvalue weighted by Gasteiger charge is -2.38. The molecular formula is C17H18ClF2N3O2. The summed E-state index contributed by atoms with van der Waals surface area (Å²) in [4.78, 5) is 12.6. The summed E-state index contributed by atoms with van der Waals surface area (Å²) < 4.78 is 28.9. The van der Waals surface area contributed by atoms with Crippen LogP contribution in [0.1, 0.15) is 40.6 Å². The first kappa shape index (κ1) is 17.8. The predicted molar refractivity (Wildman–Crippen MR) is 88.3 cm³/mol. The molecule has 8 heteroatoms. The molecule has 2 N–H and O–H groups in total. The largest absolute Gasteiger partial charge is 0.393 e. The lowest BCUT2D eigenvalue weighted by atomic mass is 9.75. The third-order valence-corrected chi connectivity index (χ3v) is 5.13. The molecule has 1 aromatic carbocycles. The first-order valence-corrected chi connectivity index (χ1v) is 8.28. The Labute approximate surface area is 148 Å². The van der Waals surface area contributed by atoms with Crippen molar-refractivity contribution in [2.45, 2.75) is 31.9 Å². The number of rotatable bonds is 4. The monoisotopic (exact) mass is 369 g/mol. The Morgan fingerprint density at radius 1 is 1.44 bits per heavy atom. The predicted octanol–water partition coefficient (Wildman–Crippen LogP) is 2.90. The van der Waals surface area contributed by atoms with Gasteiger partial charge in [0.1, 0.15) is 11.6 Å². The second-order valence-electron chi connectivity index (χ2n) is 6.37. The number of benzene rings is 1. The average Bonchev–Trinajstić information content (AvgIpc) is 2.78. The van der Waals surface area contributed by atoms with E-state index in [4.69, 9.17) is 11.6 Å². The summed E-state index contributed by atoms with van der Waals surface area (Å²) in [6.07, 6.45) is 0.376. The Bertz CT molecular complexity index is 818. The molecule has 0 unspecified atom stereocenters. The number of hydrogen-bond acceptors (Lipinski definition) is 3. The normalized spacial score (nSPS) is 20.9. The number of carbonyl (C=O) groups excluding carboxylic acids is 1. The Morgan fingerprint density at radius 3 is 2.64 bits per heavy atom. The van der Waals surface area contributed by atoms with Crippen LogP contribution in [0.4, 0.5) is 8.78 Å². The summed E-state index contributed by atoms with van der Waals surface area (Å²) in [7, 11) is 1.66. The molecule has 1 aliphatic carbocycles. The fraction of sp³-hybridized carbons (Fsp3) is 0.412. The van der Waals surface area contributed by atoms with Gasteiger partial charge in [0.2, 0.25) is 0 Å². The maximum atomic E-state index is 14.2. The van der Waals surface area contributed by atoms with E-state index < -0.39 is 29.7 Å². The molecule has 1 fully saturated rings. The first-order valence-electron chi connectivity index (χ1n) is 7.91. The van der Waals surface area contributed by atoms with Gasteiger partial charge in [-0.05, 0) is 31.7 Å². The standard InChI is InChI=1S/C17H18ClF2N3O2/c1-8-14(18)16(22-23(8)2)17(25)21-15(9-5-11(24)6-9)12-4-3-10(19)7-13(12)20/h3-4,7,9,11,15,24H,5-6H2,1-2H3,(H,21,25)/t9?,11?,15-/m1/s1. The number of aliphatic hydroxyl groups is 1. The summed E-state index contributed by atoms with van der Waals surface area (Å²) in [5.74, 6) is -2.12. The minimum absolute atomic E-state index is 0.0501. The highest BCUT2D eigenvalue weighted by Gasteiger charge is 2.37. The fourth-order valence-corrected chi connectivity index (χ4v) is 3.29. The van der Waals surface area contributed by atoms with Gasteiger partial charge in [-0.25, -0.2) is 8.78 Å². The van der Waals surface area contributed by atoms with E-state index in [0.717, 1.165) is 12.1 Å². The van der Waals surface area contributed by atoms with Gasteiger partial charge in [0.25, 0.3) is 5.91 Å². The Hall–Kier alpha value is -1.99. The van der Waals surface area contributed by atoms with Crippen LogP contribution >= 0.6 is 11.6 Å². The molecule has 5 nitrogen and oxygen atoms in total. The maximum absolute atomic E-state index is 14.2. The molecule has 2 aromatic rings. The molecule has 25 heavy (non-hydrogen) atoms. The molecule has 1 heterocycles. The van der Waals surface area contributed by atoms with Crippen molar-refractivity contribution in [1.82, 2.24) is 15.1 Å². The van der Waals surface area contributed by atoms with Gasteiger partial charge in [0, 0.05) is 18.7 Å². The van der Waals surface area contributed by atoms with E-state index in [1.807, 2.05) is 0 Å². The number of nitrogens with one attached hydrogen (secondary N) is 1. The summed E-state index contributed by atoms with van der Waals surface area (Å²) >= 11 is 6.13. The van der Waals surface area contributed by atoms with E-state index in [9.17, 15) is 18.7 Å². The van der Waals surface area contributed by atoms with Crippen molar-refractivity contribution in [3.05, 3.63) is 51.8 Å². The number of carbonyl (C=O) groups is 1. The van der Waals surface area contributed by atoms with Crippen LogP contribution in [0.2, 0.25) is 5.02 Å². The number of amides is 1. The van der Waals surface area contributed by atoms with Gasteiger partial charge in [-0.2, -0.15) is 5.10 Å². The highest BCUT2D eigenvalue weighted by Crippen LogP contribution is 2.39. The second kappa shape index (κ2) is 6.72. The van der Waals surface area contributed by atoms with Gasteiger partial charge in [0.05, 0.1) is 22.9 Å². The minimum atomic E-state index is -0.741. The molecule has 3 rings (SSSR count). The summed E-state index contributed by atoms with van der Waals surface area (Å²) in [6.45, 7) is 1.73. The van der Waals surface area contributed by atoms with E-state index in [0.29, 0.717) is 18.5 Å². The molecular weight excluding hydrogens is 352 g/mol. The smallest absolute Gasteiger partial charge is 0.273 e. The summed E-state index contributed by atoms with van der Waals surface area (Å²) in [5, 5.41) is 16.6. The molecule has 134 valence electrons. The van der Waals surface area contributed by atoms with Gasteiger partial charge in [-0.15, -0.1) is 0 Å². The summed E-state index contributed by atoms with van der Waals surface area (Å²) in [6, 6.07) is 2.53. The van der Waals surface area contributed by atoms with Crippen LogP contribution in [0.15, 0.2) is 18.2 Å². The molecule has 0 bridgehead atoms. The fourth-order valence-electron chi connectivity index (χ4n) is 3.04. The SMILES string of the molecule is Cc1c(Cl)c(C(=O)N[C@@H](c2ccc(F)cc2F)C2CC(O)C2)nn1C. The molecule has 1 amide bonds. The molecule has 1 aromatic heterocycles. The van der Waals surface area contributed by atoms with E-state index in [1.54, 1.807) is 14.0 Å². The lowest BCUT2D eigenvalue weighted by molar-refractivity contribution is 0.0228. The molecule has 0 aliphatic heterocycles. The van der Waals surface area contributed by atoms with Crippen LogP contribution in [0.3, 0.4) is 0 Å². The zero-order valence-electron chi connectivity index (χ0n) is 13.8. The van der Waals surface area contributed by atoms with Crippen LogP contribution in [-0.4, -0.2) is 26.9 Å². The third-order valence-electron chi connectivity index (χ3n) is 4.68. The van der Waals surface area contributed by atoms with Gasteiger partial charge >= 0.3 is 0 Å². The molecule has 0 spiro atoms. The van der Waals surface area contributed by atoms with Crippen LogP contribution in [-0.2, 0) is 7.05 Å². The van der Waals surface area contributed by atoms with Gasteiger partial charge in [-0.1, -0.05) is 17.7 Å². The zero-order valence-corrected chi connectivity index (χ0v) is 14.5. The van der Waals surface area contributed by atoms with Gasteiger partial charge in [0.15, 0.2) is 5.69 Å². The number of hydrogen-bond donors (Lipinski definition) is 2. The van der Waals surface area contributed by atoms with Crippen molar-refractivity contribution in [1.29, 1.82) is 0 Å². The number of aromatic nitrogens is 2. The van der Waals surface area contributed by atoms with Gasteiger partial charge in [-0.3, -0.25) is 9.48 Å². The molecule has 1 aliphatic rings. The van der Waals surface area contributed by atoms with Crippen LogP contribution < -0.4 is 5.32 Å². The minimum Gasteiger partial charge on any atom is -0.393 e. The van der Waals surface area contributed by atoms with Crippen molar-refractivity contribution in [3.8, 4) is 0 Å². The third kappa shape index (κ3) is 3.39. The molecule has 1 saturated carbocycles. The molecule has 0 radical (unpaired) electrons. The highest BCUT2D eigenvalue weighted by atomic mass is 35.5. The van der Waals surface area contributed by atoms with Crippen molar-refractivity contribution >= 4 is 17.5 Å². The Kier molecular flexibility index (Phi) is 4.79. The van der Waals surface area contributed by atoms with Gasteiger partial charge < -0.3 is 10.4 Å². The van der Waals surface area contributed by atoms with E-state index in [-0.39, 0.29) is 22.2 Å². The number of aliphatic hydroxyl groups excluding tert-OH is 1. The summed E-state index contributed by atoms with van der Waals surface area (Å²) in [5.41, 5.74) is 0.861. The van der Waals surface area contributed by atoms with Crippen LogP contribution in [0.5, 0.6) is 0 Å². The second-order valence-corrected chi connectivity index (χ2v) is 6.75. The quantitative estimate of drug-likeness (QED) is 0.870. The Balaban J connectivity index is 1.90. The average molecular weight is 370 g/mol. The Morgan fingerprint density at radius 2 is 2.12 bits per heavy atom. The number of aryl methyl sites for hydroxylation is 1. The van der Waals surface area contributed by atoms with Crippen molar-refractivity contribution in [3.63, 3.8) is 0 Å². The highest BCUT2D eigenvalue weighted by molar-refractivity contribution is 6.34. The van der Waals surface area contributed by atoms with E-state index >= 15 is 0 Å². The zero-order chi connectivity index (χ0) is 18.3. The van der Waals surface area contributed by atoms with Crippen molar-refractivity contribution in [2.75, 3.05) is 0 Å². The molecule has 0 saturated heterocycles. The van der Waals surface area contributed by atoms with E-state index in [1.165, 1.54) is 10.7 Å². The van der Waals surface area contributed by atoms with E-state index in [2.05, 4.69) is 10.4 Å². The van der Waals surface area contributed by atoms with Crippen molar-refractivity contribution in [2.24, 2.45) is 13.0 Å². The number of nitrogens with zero attached hydrogens (tertiary/aromatic N) is 2. The topological polar surface area (TPSA) is 67.2 Å². The van der Waals surface area contributed by atoms with Crippen molar-refractivity contribution < 1.29 is 18.7 Å². The lowest BCUT2D eigenvalue weighted by Crippen LogP contribution is -2.42. The van der Waals surface area contributed by atoms with Crippen LogP contribution in [0.25, 0.3) is 0 Å². The maximum Gasteiger partial charge on any atom is 0.273 e. The number of halogens is 3.